The second-order valence-corrected chi connectivity index (χ2v) is 17.2. The zero-order valence-corrected chi connectivity index (χ0v) is 33.4. The van der Waals surface area contributed by atoms with Crippen molar-refractivity contribution in [3.05, 3.63) is 146 Å². The highest BCUT2D eigenvalue weighted by Crippen LogP contribution is 2.41. The highest BCUT2D eigenvalue weighted by Gasteiger charge is 2.37. The molecule has 2 aliphatic carbocycles. The summed E-state index contributed by atoms with van der Waals surface area (Å²) >= 11 is 0. The molecule has 0 aliphatic heterocycles. The fourth-order valence-electron chi connectivity index (χ4n) is 6.20. The summed E-state index contributed by atoms with van der Waals surface area (Å²) in [5, 5.41) is 26.8. The molecule has 0 bridgehead atoms. The molecule has 0 spiro atoms. The van der Waals surface area contributed by atoms with Crippen molar-refractivity contribution in [3.8, 4) is 11.1 Å². The standard InChI is InChI=1S/C38H26N8O13S3/c39-35-33-22(18-31(61(54,55)56)36(35)44-41-25-12-14-26(15-13-25)46(49)50)19-32(62(57,58)59)37(38(33)48)45-42-24-10-6-21(7-11-24)20-4-8-23(9-5-20)40-43-28-16-17-29(47)27-2-1-3-30(34(27)28)60(51,52)53/h1-19,40,42H,39H2,(H,51,52,53)(H,54,55,56)(H,57,58,59). The lowest BCUT2D eigenvalue weighted by atomic mass is 9.92. The Kier molecular flexibility index (Phi) is 11.0. The van der Waals surface area contributed by atoms with Crippen molar-refractivity contribution in [3.63, 3.8) is 0 Å². The Bertz CT molecular complexity index is 3260. The van der Waals surface area contributed by atoms with Gasteiger partial charge in [0.1, 0.15) is 20.4 Å². The average molecular weight is 899 g/mol. The largest absolute Gasteiger partial charge is 0.396 e. The maximum absolute atomic E-state index is 13.9. The molecule has 7 rings (SSSR count). The van der Waals surface area contributed by atoms with E-state index in [1.165, 1.54) is 48.6 Å². The Morgan fingerprint density at radius 2 is 1.24 bits per heavy atom. The number of nitrogens with two attached hydrogens (primary N) is 1. The molecular formula is C38H26N8O13S3. The van der Waals surface area contributed by atoms with Crippen LogP contribution in [-0.4, -0.2) is 66.8 Å². The number of ketones is 2. The number of azo groups is 1. The number of nitro groups is 1. The number of benzene rings is 5. The Balaban J connectivity index is 1.13. The number of fused-ring (bicyclic) bond motifs is 2. The lowest BCUT2D eigenvalue weighted by Crippen LogP contribution is -2.28. The number of hydrogen-bond donors (Lipinski definition) is 6. The summed E-state index contributed by atoms with van der Waals surface area (Å²) in [4.78, 5) is 34.1. The average Bonchev–Trinajstić information content (AvgIpc) is 3.22. The van der Waals surface area contributed by atoms with Gasteiger partial charge in [0.2, 0.25) is 5.78 Å². The van der Waals surface area contributed by atoms with Gasteiger partial charge < -0.3 is 5.73 Å². The van der Waals surface area contributed by atoms with Gasteiger partial charge in [-0.1, -0.05) is 36.4 Å². The minimum atomic E-state index is -5.20. The first-order valence-electron chi connectivity index (χ1n) is 17.3. The number of carbonyl (C=O) groups is 2. The molecule has 5 aromatic carbocycles. The van der Waals surface area contributed by atoms with Gasteiger partial charge in [-0.2, -0.15) is 40.6 Å². The van der Waals surface area contributed by atoms with E-state index in [0.29, 0.717) is 22.9 Å². The lowest BCUT2D eigenvalue weighted by Gasteiger charge is -2.20. The summed E-state index contributed by atoms with van der Waals surface area (Å²) in [7, 11) is -15.0. The maximum atomic E-state index is 13.9. The van der Waals surface area contributed by atoms with Crippen molar-refractivity contribution in [2.24, 2.45) is 20.4 Å². The van der Waals surface area contributed by atoms with Crippen molar-refractivity contribution in [2.75, 3.05) is 16.6 Å². The number of nitrogens with zero attached hydrogens (tertiary/aromatic N) is 5. The van der Waals surface area contributed by atoms with E-state index in [-0.39, 0.29) is 33.9 Å². The summed E-state index contributed by atoms with van der Waals surface area (Å²) in [5.74, 6) is -1.65. The van der Waals surface area contributed by atoms with Crippen LogP contribution in [0, 0.1) is 10.1 Å². The molecule has 5 aromatic rings. The molecule has 0 heterocycles. The van der Waals surface area contributed by atoms with Crippen molar-refractivity contribution in [2.45, 2.75) is 9.79 Å². The van der Waals surface area contributed by atoms with Crippen molar-refractivity contribution >= 4 is 93.5 Å². The number of carbonyl (C=O) groups excluding carboxylic acids is 2. The van der Waals surface area contributed by atoms with Crippen molar-refractivity contribution < 1.29 is 53.4 Å². The van der Waals surface area contributed by atoms with Crippen LogP contribution in [0.3, 0.4) is 0 Å². The van der Waals surface area contributed by atoms with Gasteiger partial charge in [-0.05, 0) is 83.4 Å². The fraction of sp³-hybridized carbons (Fsp3) is 0. The van der Waals surface area contributed by atoms with Crippen LogP contribution in [0.25, 0.3) is 17.2 Å². The lowest BCUT2D eigenvalue weighted by molar-refractivity contribution is -0.384. The number of Topliss-reactive ketones (excluding diaryl/α,β-unsaturated/α-hetero) is 1. The molecule has 0 atom stereocenters. The van der Waals surface area contributed by atoms with E-state index in [1.54, 1.807) is 36.4 Å². The van der Waals surface area contributed by atoms with Crippen LogP contribution in [0.4, 0.5) is 34.1 Å². The number of hydrogen-bond acceptors (Lipinski definition) is 17. The van der Waals surface area contributed by atoms with Crippen molar-refractivity contribution in [1.29, 1.82) is 0 Å². The molecule has 21 nitrogen and oxygen atoms in total. The third kappa shape index (κ3) is 8.66. The van der Waals surface area contributed by atoms with E-state index in [1.807, 2.05) is 0 Å². The van der Waals surface area contributed by atoms with Crippen LogP contribution >= 0.6 is 0 Å². The molecule has 0 amide bonds. The van der Waals surface area contributed by atoms with Gasteiger partial charge in [-0.25, -0.2) is 0 Å². The molecule has 314 valence electrons. The first-order valence-corrected chi connectivity index (χ1v) is 21.6. The molecule has 0 fully saturated rings. The fourth-order valence-corrected chi connectivity index (χ4v) is 8.26. The van der Waals surface area contributed by atoms with Crippen molar-refractivity contribution in [1.82, 2.24) is 0 Å². The molecule has 0 radical (unpaired) electrons. The van der Waals surface area contributed by atoms with Crippen LogP contribution < -0.4 is 16.6 Å². The van der Waals surface area contributed by atoms with Gasteiger partial charge in [0.25, 0.3) is 36.0 Å². The van der Waals surface area contributed by atoms with Crippen LogP contribution in [0.15, 0.2) is 144 Å². The van der Waals surface area contributed by atoms with Crippen LogP contribution in [0.1, 0.15) is 31.8 Å². The molecular weight excluding hydrogens is 873 g/mol. The maximum Gasteiger partial charge on any atom is 0.296 e. The highest BCUT2D eigenvalue weighted by atomic mass is 32.2. The van der Waals surface area contributed by atoms with Crippen LogP contribution in [0.2, 0.25) is 0 Å². The smallest absolute Gasteiger partial charge is 0.296 e. The Hall–Kier alpha value is -7.61. The van der Waals surface area contributed by atoms with Gasteiger partial charge in [0, 0.05) is 23.3 Å². The predicted octanol–water partition coefficient (Wildman–Crippen LogP) is 6.21. The van der Waals surface area contributed by atoms with E-state index in [4.69, 9.17) is 5.73 Å². The summed E-state index contributed by atoms with van der Waals surface area (Å²) in [6.07, 6.45) is 3.27. The Morgan fingerprint density at radius 3 is 1.79 bits per heavy atom. The number of hydrazone groups is 2. The van der Waals surface area contributed by atoms with Gasteiger partial charge in [0.15, 0.2) is 11.5 Å². The predicted molar refractivity (Wildman–Crippen MR) is 225 cm³/mol. The molecule has 0 saturated carbocycles. The topological polar surface area (TPSA) is 340 Å². The monoisotopic (exact) mass is 898 g/mol. The molecule has 7 N–H and O–H groups in total. The van der Waals surface area contributed by atoms with Gasteiger partial charge in [-0.15, -0.1) is 5.11 Å². The highest BCUT2D eigenvalue weighted by molar-refractivity contribution is 7.91. The van der Waals surface area contributed by atoms with E-state index < -0.39 is 89.8 Å². The number of nitrogen functional groups attached to an aromatic ring is 1. The van der Waals surface area contributed by atoms with E-state index in [9.17, 15) is 58.6 Å². The zero-order chi connectivity index (χ0) is 44.7. The normalized spacial score (nSPS) is 15.4. The quantitative estimate of drug-likeness (QED) is 0.0282. The van der Waals surface area contributed by atoms with Gasteiger partial charge in [-0.3, -0.25) is 44.2 Å². The Morgan fingerprint density at radius 1 is 0.661 bits per heavy atom. The molecule has 24 heteroatoms. The number of allylic oxidation sites excluding steroid dienone is 3. The van der Waals surface area contributed by atoms with Gasteiger partial charge >= 0.3 is 0 Å². The number of nitro benzene ring substituents is 1. The third-order valence-corrected chi connectivity index (χ3v) is 11.7. The number of non-ortho nitro benzene ring substituents is 1. The molecule has 0 aromatic heterocycles. The summed E-state index contributed by atoms with van der Waals surface area (Å²) in [5.41, 5.74) is 10.3. The molecule has 0 unspecified atom stereocenters. The zero-order valence-electron chi connectivity index (χ0n) is 30.9. The Labute approximate surface area is 350 Å². The minimum absolute atomic E-state index is 0.00772. The van der Waals surface area contributed by atoms with E-state index in [2.05, 4.69) is 31.3 Å². The summed E-state index contributed by atoms with van der Waals surface area (Å²) < 4.78 is 103. The number of nitrogens with one attached hydrogen (secondary N) is 2. The SMILES string of the molecule is Nc1c(N=Nc2ccc([N+](=O)[O-])cc2)c(S(=O)(=O)O)cc2c1C(=O)C(=NNc1ccc(-c3ccc(NN=C4C=CC(=O)c5cccc(S(=O)(=O)O)c54)cc3)cc1)C(S(=O)(=O)O)=C2. The minimum Gasteiger partial charge on any atom is -0.396 e. The second kappa shape index (κ2) is 16.1. The first-order chi connectivity index (χ1) is 29.2. The van der Waals surface area contributed by atoms with Gasteiger partial charge in [0.05, 0.1) is 38.9 Å². The summed E-state index contributed by atoms with van der Waals surface area (Å²) in [6.45, 7) is 0. The molecule has 2 aliphatic rings. The van der Waals surface area contributed by atoms with Crippen LogP contribution in [-0.2, 0) is 30.4 Å². The molecule has 0 saturated heterocycles. The van der Waals surface area contributed by atoms with Crippen LogP contribution in [0.5, 0.6) is 0 Å². The number of rotatable bonds is 11. The number of anilines is 3. The molecule has 62 heavy (non-hydrogen) atoms. The summed E-state index contributed by atoms with van der Waals surface area (Å²) in [6, 6.07) is 22.3. The second-order valence-electron chi connectivity index (χ2n) is 13.0. The van der Waals surface area contributed by atoms with E-state index >= 15 is 0 Å². The van der Waals surface area contributed by atoms with E-state index in [0.717, 1.165) is 24.3 Å². The third-order valence-electron chi connectivity index (χ3n) is 9.10. The first kappa shape index (κ1) is 42.5.